The Morgan fingerprint density at radius 1 is 1.39 bits per heavy atom. The van der Waals surface area contributed by atoms with Crippen LogP contribution in [0.1, 0.15) is 19.3 Å². The maximum atomic E-state index is 5.82. The van der Waals surface area contributed by atoms with Gasteiger partial charge in [-0.05, 0) is 19.3 Å². The molecule has 0 amide bonds. The number of aromatic amines is 1. The molecule has 2 saturated heterocycles. The number of hydrogen-bond acceptors (Lipinski definition) is 6. The predicted octanol–water partition coefficient (Wildman–Crippen LogP) is 0.667. The van der Waals surface area contributed by atoms with Crippen molar-refractivity contribution in [3.05, 3.63) is 6.20 Å². The third-order valence-corrected chi connectivity index (χ3v) is 3.76. The largest absolute Gasteiger partial charge is 0.373 e. The molecule has 3 unspecified atom stereocenters. The van der Waals surface area contributed by atoms with Crippen molar-refractivity contribution < 1.29 is 4.74 Å². The van der Waals surface area contributed by atoms with Crippen LogP contribution < -0.4 is 11.1 Å². The van der Waals surface area contributed by atoms with Gasteiger partial charge >= 0.3 is 0 Å². The number of ether oxygens (including phenoxy) is 1. The summed E-state index contributed by atoms with van der Waals surface area (Å²) >= 11 is 0. The first-order chi connectivity index (χ1) is 8.79. The highest BCUT2D eigenvalue weighted by Crippen LogP contribution is 2.36. The number of rotatable bonds is 2. The van der Waals surface area contributed by atoms with Crippen molar-refractivity contribution in [2.24, 2.45) is 0 Å². The minimum absolute atomic E-state index is 0.248. The normalized spacial score (nSPS) is 30.1. The van der Waals surface area contributed by atoms with E-state index in [0.29, 0.717) is 23.9 Å². The number of nitrogens with one attached hydrogen (secondary N) is 2. The first-order valence-corrected chi connectivity index (χ1v) is 6.18. The lowest BCUT2D eigenvalue weighted by molar-refractivity contribution is 0.102. The Hall–Kier alpha value is -1.89. The molecule has 2 aliphatic rings. The van der Waals surface area contributed by atoms with Crippen molar-refractivity contribution in [3.8, 4) is 0 Å². The van der Waals surface area contributed by atoms with Gasteiger partial charge in [0.1, 0.15) is 5.82 Å². The van der Waals surface area contributed by atoms with Crippen molar-refractivity contribution in [2.45, 2.75) is 37.5 Å². The van der Waals surface area contributed by atoms with E-state index < -0.39 is 0 Å². The topological polar surface area (TPSA) is 102 Å². The van der Waals surface area contributed by atoms with Crippen LogP contribution in [0.5, 0.6) is 0 Å². The van der Waals surface area contributed by atoms with E-state index in [1.807, 2.05) is 0 Å². The van der Waals surface area contributed by atoms with E-state index in [-0.39, 0.29) is 5.95 Å². The van der Waals surface area contributed by atoms with Gasteiger partial charge in [0.2, 0.25) is 5.95 Å². The van der Waals surface area contributed by atoms with E-state index in [1.54, 1.807) is 6.20 Å². The van der Waals surface area contributed by atoms with Crippen molar-refractivity contribution in [3.63, 3.8) is 0 Å². The highest BCUT2D eigenvalue weighted by atomic mass is 16.5. The van der Waals surface area contributed by atoms with Gasteiger partial charge in [0.25, 0.3) is 0 Å². The second-order valence-electron chi connectivity index (χ2n) is 4.92. The highest BCUT2D eigenvalue weighted by Gasteiger charge is 2.41. The summed E-state index contributed by atoms with van der Waals surface area (Å²) in [6.45, 7) is 0. The van der Waals surface area contributed by atoms with E-state index in [4.69, 9.17) is 10.5 Å². The van der Waals surface area contributed by atoms with Crippen molar-refractivity contribution in [1.82, 2.24) is 20.2 Å². The molecular weight excluding hydrogens is 232 g/mol. The lowest BCUT2D eigenvalue weighted by atomic mass is 9.95. The SMILES string of the molecule is Nc1nc(NC2CC3CCC2O3)c2cn[nH]c2n1. The molecule has 0 radical (unpaired) electrons. The minimum Gasteiger partial charge on any atom is -0.373 e. The molecule has 94 valence electrons. The Balaban J connectivity index is 1.68. The second kappa shape index (κ2) is 3.55. The number of nitrogens with zero attached hydrogens (tertiary/aromatic N) is 3. The Labute approximate surface area is 103 Å². The number of aromatic nitrogens is 4. The molecule has 3 atom stereocenters. The molecule has 0 aliphatic carbocycles. The van der Waals surface area contributed by atoms with Gasteiger partial charge in [0.05, 0.1) is 29.8 Å². The minimum atomic E-state index is 0.248. The van der Waals surface area contributed by atoms with Crippen LogP contribution in [0.3, 0.4) is 0 Å². The van der Waals surface area contributed by atoms with Gasteiger partial charge in [0, 0.05) is 0 Å². The molecule has 7 nitrogen and oxygen atoms in total. The summed E-state index contributed by atoms with van der Waals surface area (Å²) in [7, 11) is 0. The van der Waals surface area contributed by atoms with E-state index >= 15 is 0 Å². The predicted molar refractivity (Wildman–Crippen MR) is 66.0 cm³/mol. The number of hydrogen-bond donors (Lipinski definition) is 3. The molecule has 4 heterocycles. The summed E-state index contributed by atoms with van der Waals surface area (Å²) in [5.74, 6) is 0.991. The molecule has 2 bridgehead atoms. The molecule has 18 heavy (non-hydrogen) atoms. The Kier molecular flexibility index (Phi) is 1.99. The monoisotopic (exact) mass is 246 g/mol. The van der Waals surface area contributed by atoms with Crippen LogP contribution in [0, 0.1) is 0 Å². The summed E-state index contributed by atoms with van der Waals surface area (Å²) in [5.41, 5.74) is 6.35. The van der Waals surface area contributed by atoms with Crippen LogP contribution in [0.4, 0.5) is 11.8 Å². The molecule has 2 aromatic heterocycles. The zero-order valence-electron chi connectivity index (χ0n) is 9.76. The van der Waals surface area contributed by atoms with Gasteiger partial charge in [-0.1, -0.05) is 0 Å². The van der Waals surface area contributed by atoms with E-state index in [0.717, 1.165) is 24.0 Å². The molecule has 4 N–H and O–H groups in total. The fraction of sp³-hybridized carbons (Fsp3) is 0.545. The van der Waals surface area contributed by atoms with Gasteiger partial charge in [-0.15, -0.1) is 0 Å². The van der Waals surface area contributed by atoms with E-state index in [2.05, 4.69) is 25.5 Å². The van der Waals surface area contributed by atoms with Gasteiger partial charge in [-0.3, -0.25) is 5.10 Å². The summed E-state index contributed by atoms with van der Waals surface area (Å²) in [5, 5.41) is 11.1. The molecular formula is C11H14N6O. The standard InChI is InChI=1S/C11H14N6O/c12-11-15-9(6-4-13-17-10(6)16-11)14-7-3-5-1-2-8(7)18-5/h4-5,7-8H,1-3H2,(H4,12,13,14,15,16,17). The van der Waals surface area contributed by atoms with Gasteiger partial charge in [-0.2, -0.15) is 15.1 Å². The lowest BCUT2D eigenvalue weighted by Gasteiger charge is -2.20. The van der Waals surface area contributed by atoms with Crippen molar-refractivity contribution in [2.75, 3.05) is 11.1 Å². The number of nitrogen functional groups attached to an aromatic ring is 1. The molecule has 2 aliphatic heterocycles. The van der Waals surface area contributed by atoms with Gasteiger partial charge in [0.15, 0.2) is 5.65 Å². The quantitative estimate of drug-likeness (QED) is 0.719. The van der Waals surface area contributed by atoms with Crippen molar-refractivity contribution >= 4 is 22.8 Å². The molecule has 0 spiro atoms. The third kappa shape index (κ3) is 1.43. The smallest absolute Gasteiger partial charge is 0.224 e. The highest BCUT2D eigenvalue weighted by molar-refractivity contribution is 5.86. The second-order valence-corrected chi connectivity index (χ2v) is 4.92. The van der Waals surface area contributed by atoms with Crippen molar-refractivity contribution in [1.29, 1.82) is 0 Å². The van der Waals surface area contributed by atoms with Gasteiger partial charge < -0.3 is 15.8 Å². The lowest BCUT2D eigenvalue weighted by Crippen LogP contribution is -2.31. The summed E-state index contributed by atoms with van der Waals surface area (Å²) in [6, 6.07) is 0.316. The van der Waals surface area contributed by atoms with Crippen LogP contribution in [-0.2, 0) is 4.74 Å². The Morgan fingerprint density at radius 2 is 2.33 bits per heavy atom. The van der Waals surface area contributed by atoms with E-state index in [9.17, 15) is 0 Å². The van der Waals surface area contributed by atoms with Gasteiger partial charge in [-0.25, -0.2) is 0 Å². The van der Waals surface area contributed by atoms with Crippen LogP contribution in [-0.4, -0.2) is 38.4 Å². The maximum Gasteiger partial charge on any atom is 0.224 e. The first-order valence-electron chi connectivity index (χ1n) is 6.18. The fourth-order valence-electron chi connectivity index (χ4n) is 2.93. The van der Waals surface area contributed by atoms with Crippen LogP contribution >= 0.6 is 0 Å². The van der Waals surface area contributed by atoms with E-state index in [1.165, 1.54) is 6.42 Å². The number of fused-ring (bicyclic) bond motifs is 3. The molecule has 4 rings (SSSR count). The Bertz CT molecular complexity index is 596. The van der Waals surface area contributed by atoms with Crippen LogP contribution in [0.15, 0.2) is 6.20 Å². The fourth-order valence-corrected chi connectivity index (χ4v) is 2.93. The zero-order valence-corrected chi connectivity index (χ0v) is 9.76. The third-order valence-electron chi connectivity index (χ3n) is 3.76. The maximum absolute atomic E-state index is 5.82. The summed E-state index contributed by atoms with van der Waals surface area (Å²) in [4.78, 5) is 8.36. The first kappa shape index (κ1) is 10.1. The summed E-state index contributed by atoms with van der Waals surface area (Å²) < 4.78 is 5.82. The Morgan fingerprint density at radius 3 is 3.11 bits per heavy atom. The molecule has 2 aromatic rings. The molecule has 0 saturated carbocycles. The number of nitrogens with two attached hydrogens (primary N) is 1. The number of H-pyrrole nitrogens is 1. The average Bonchev–Trinajstić information content (AvgIpc) is 3.02. The average molecular weight is 246 g/mol. The van der Waals surface area contributed by atoms with Crippen LogP contribution in [0.25, 0.3) is 11.0 Å². The number of anilines is 2. The molecule has 0 aromatic carbocycles. The van der Waals surface area contributed by atoms with Crippen LogP contribution in [0.2, 0.25) is 0 Å². The zero-order chi connectivity index (χ0) is 12.1. The molecule has 2 fully saturated rings. The molecule has 7 heteroatoms. The summed E-state index contributed by atoms with van der Waals surface area (Å²) in [6.07, 6.45) is 5.76.